The lowest BCUT2D eigenvalue weighted by molar-refractivity contribution is -0.142. The Bertz CT molecular complexity index is 3350. The zero-order valence-corrected chi connectivity index (χ0v) is 71.5. The van der Waals surface area contributed by atoms with Gasteiger partial charge in [0.05, 0.1) is 18.7 Å². The molecule has 1 rings (SSSR count). The van der Waals surface area contributed by atoms with Crippen molar-refractivity contribution in [1.29, 1.82) is 5.41 Å². The first kappa shape index (κ1) is 110. The van der Waals surface area contributed by atoms with Crippen molar-refractivity contribution in [3.8, 4) is 0 Å². The van der Waals surface area contributed by atoms with Crippen molar-refractivity contribution in [2.75, 3.05) is 65.4 Å². The van der Waals surface area contributed by atoms with Crippen LogP contribution in [0.1, 0.15) is 208 Å². The summed E-state index contributed by atoms with van der Waals surface area (Å²) in [6.07, 6.45) is 4.41. The third-order valence-corrected chi connectivity index (χ3v) is 20.0. The van der Waals surface area contributed by atoms with Crippen LogP contribution in [0.3, 0.4) is 0 Å². The molecular weight excluding hydrogens is 1600 g/mol. The molecule has 0 aromatic carbocycles. The predicted molar refractivity (Wildman–Crippen MR) is 451 cm³/mol. The molecule has 16 atom stereocenters. The fourth-order valence-electron chi connectivity index (χ4n) is 12.8. The fourth-order valence-corrected chi connectivity index (χ4v) is 12.8. The molecule has 0 saturated carbocycles. The molecule has 0 spiro atoms. The van der Waals surface area contributed by atoms with Gasteiger partial charge in [0.1, 0.15) is 84.6 Å². The van der Waals surface area contributed by atoms with Gasteiger partial charge in [-0.1, -0.05) is 6.42 Å². The molecule has 1 saturated heterocycles. The highest BCUT2D eigenvalue weighted by Gasteiger charge is 2.41. The number of nitrogens with two attached hydrogens (primary N) is 10. The van der Waals surface area contributed by atoms with E-state index in [9.17, 15) is 91.7 Å². The van der Waals surface area contributed by atoms with Crippen molar-refractivity contribution < 1.29 is 91.7 Å². The number of unbranched alkanes of at least 4 members (excludes halogenated alkanes) is 7. The number of aliphatic hydroxyl groups is 1. The average Bonchev–Trinajstić information content (AvgIpc) is 1.66. The van der Waals surface area contributed by atoms with E-state index in [0.29, 0.717) is 103 Å². The van der Waals surface area contributed by atoms with Crippen LogP contribution >= 0.6 is 0 Å². The van der Waals surface area contributed by atoms with Crippen LogP contribution in [0, 0.1) is 5.41 Å². The molecule has 0 aromatic heterocycles. The van der Waals surface area contributed by atoms with Gasteiger partial charge in [-0.05, 0) is 241 Å². The molecule has 0 unspecified atom stereocenters. The van der Waals surface area contributed by atoms with E-state index in [1.165, 1.54) is 39.5 Å². The predicted octanol–water partition coefficient (Wildman–Crippen LogP) is -9.30. The fraction of sp³-hybridized carbons (Fsp3) is 0.763. The third kappa shape index (κ3) is 44.1. The van der Waals surface area contributed by atoms with E-state index in [0.717, 1.165) is 0 Å². The molecule has 46 nitrogen and oxygen atoms in total. The normalized spacial score (nSPS) is 16.1. The summed E-state index contributed by atoms with van der Waals surface area (Å²) in [5, 5.41) is 66.1. The number of guanidine groups is 1. The molecule has 0 bridgehead atoms. The minimum atomic E-state index is -1.76. The number of nitrogens with one attached hydrogen (secondary N) is 16. The van der Waals surface area contributed by atoms with E-state index in [-0.39, 0.29) is 122 Å². The van der Waals surface area contributed by atoms with Crippen LogP contribution in [0.5, 0.6) is 0 Å². The molecule has 38 N–H and O–H groups in total. The van der Waals surface area contributed by atoms with Crippen molar-refractivity contribution >= 4 is 106 Å². The first-order chi connectivity index (χ1) is 57.9. The summed E-state index contributed by atoms with van der Waals surface area (Å²) >= 11 is 0. The van der Waals surface area contributed by atoms with Gasteiger partial charge in [-0.3, -0.25) is 82.1 Å². The maximum absolute atomic E-state index is 14.3. The number of carboxylic acid groups (broad SMARTS) is 1. The van der Waals surface area contributed by atoms with Crippen molar-refractivity contribution in [2.45, 2.75) is 305 Å². The van der Waals surface area contributed by atoms with Gasteiger partial charge in [-0.15, -0.1) is 0 Å². The van der Waals surface area contributed by atoms with Crippen LogP contribution in [-0.2, 0) is 81.5 Å². The summed E-state index contributed by atoms with van der Waals surface area (Å²) in [6, 6.07) is -20.1. The van der Waals surface area contributed by atoms with Gasteiger partial charge in [0, 0.05) is 19.5 Å². The molecule has 16 amide bonds. The Balaban J connectivity index is 3.28. The lowest BCUT2D eigenvalue weighted by atomic mass is 10.0. The standard InChI is InChI=1S/C76H143N27O19/c1-43(61(107)89-42-59(106)94-54(31-32-58(85)105)67(113)92-45(3)63(109)95-50(24-8-15-35-79)68(114)97-51(25-9-16-36-80)69(115)98-52(26-10-17-37-81)71(117)101-56(75(121)122)28-12-19-39-83)91-66(112)49(23-7-14-34-78)96-70(116)53(27-11-18-38-82)99-73(119)60(47(5)104)102-64(110)46(4)90-62(108)44(2)93-72(118)57-30-21-41-103(57)74(120)55(29-20-40-88-76(86)87)100-65(111)48(84)22-6-13-33-77/h43-57,60,104H,6-42,77-84H2,1-5H3,(H2,85,105)(H,89,107)(H,90,108)(H,91,112)(H,92,113)(H,93,118)(H,94,106)(H,95,109)(H,96,116)(H,97,114)(H,98,115)(H,99,119)(H,100,111)(H,101,117)(H,102,110)(H,121,122)(H4,86,87,88)/t43-,44-,45-,46-,47+,48-,49-,50-,51-,52-,53-,54-,55-,56-,57-,60-/m0/s1. The number of amides is 16. The third-order valence-electron chi connectivity index (χ3n) is 20.0. The number of hydrogen-bond donors (Lipinski definition) is 28. The van der Waals surface area contributed by atoms with Gasteiger partial charge in [0.15, 0.2) is 5.96 Å². The van der Waals surface area contributed by atoms with Crippen LogP contribution < -0.4 is 137 Å². The Morgan fingerprint density at radius 2 is 0.697 bits per heavy atom. The second kappa shape index (κ2) is 62.1. The number of hydrogen-bond acceptors (Lipinski definition) is 27. The smallest absolute Gasteiger partial charge is 0.326 e. The van der Waals surface area contributed by atoms with E-state index in [4.69, 9.17) is 62.7 Å². The van der Waals surface area contributed by atoms with Gasteiger partial charge in [-0.25, -0.2) is 4.79 Å². The summed E-state index contributed by atoms with van der Waals surface area (Å²) < 4.78 is 0. The Morgan fingerprint density at radius 1 is 0.369 bits per heavy atom. The average molecular weight is 1740 g/mol. The van der Waals surface area contributed by atoms with Crippen LogP contribution in [-0.4, -0.2) is 284 Å². The van der Waals surface area contributed by atoms with Gasteiger partial charge in [0.2, 0.25) is 94.5 Å². The van der Waals surface area contributed by atoms with Gasteiger partial charge < -0.3 is 152 Å². The van der Waals surface area contributed by atoms with Crippen LogP contribution in [0.2, 0.25) is 0 Å². The Hall–Kier alpha value is -10.1. The Kier molecular flexibility index (Phi) is 55.9. The number of carboxylic acids is 1. The lowest BCUT2D eigenvalue weighted by Gasteiger charge is -2.30. The number of carbonyl (C=O) groups excluding carboxylic acids is 16. The topological polar surface area (TPSA) is 798 Å². The van der Waals surface area contributed by atoms with Crippen LogP contribution in [0.15, 0.2) is 0 Å². The molecule has 0 aromatic rings. The SMILES string of the molecule is C[C@H](NC(=O)[C@H](C)NC(=O)[C@@H]1CCCN1C(=O)[C@H](CCCNC(=N)N)NC(=O)[C@@H](N)CCCCN)C(=O)N[C@H](C(=O)N[C@@H](CCCCN)C(=O)N[C@@H](CCCCN)C(=O)N[C@@H](C)C(=O)NCC(=O)N[C@@H](CCC(N)=O)C(=O)N[C@@H](C)C(=O)N[C@@H](CCCCN)C(=O)N[C@@H](CCCCN)C(=O)N[C@@H](CCCCN)C(=O)N[C@@H](CCCCN)C(=O)O)[C@@H](C)O. The quantitative estimate of drug-likeness (QED) is 0.0153. The molecule has 0 radical (unpaired) electrons. The second-order valence-corrected chi connectivity index (χ2v) is 30.5. The largest absolute Gasteiger partial charge is 0.480 e. The summed E-state index contributed by atoms with van der Waals surface area (Å²) in [7, 11) is 0. The molecule has 1 aliphatic rings. The monoisotopic (exact) mass is 1740 g/mol. The molecule has 0 aliphatic carbocycles. The maximum Gasteiger partial charge on any atom is 0.326 e. The highest BCUT2D eigenvalue weighted by Crippen LogP contribution is 2.21. The van der Waals surface area contributed by atoms with E-state index >= 15 is 0 Å². The number of likely N-dealkylation sites (tertiary alicyclic amines) is 1. The molecular formula is C76H143N27O19. The number of nitrogens with zero attached hydrogens (tertiary/aromatic N) is 1. The molecule has 46 heteroatoms. The zero-order valence-electron chi connectivity index (χ0n) is 71.5. The Morgan fingerprint density at radius 3 is 1.10 bits per heavy atom. The summed E-state index contributed by atoms with van der Waals surface area (Å²) in [6.45, 7) is 7.51. The molecule has 122 heavy (non-hydrogen) atoms. The van der Waals surface area contributed by atoms with Crippen molar-refractivity contribution in [1.82, 2.24) is 84.7 Å². The molecule has 1 heterocycles. The number of aliphatic hydroxyl groups excluding tert-OH is 1. The number of carbonyl (C=O) groups is 17. The molecule has 1 aliphatic heterocycles. The van der Waals surface area contributed by atoms with E-state index in [1.54, 1.807) is 0 Å². The number of primary amides is 1. The number of aliphatic carboxylic acids is 1. The summed E-state index contributed by atoms with van der Waals surface area (Å²) in [5.74, 6) is -15.4. The Labute approximate surface area is 713 Å². The van der Waals surface area contributed by atoms with Gasteiger partial charge in [0.25, 0.3) is 0 Å². The number of rotatable bonds is 66. The van der Waals surface area contributed by atoms with Crippen LogP contribution in [0.25, 0.3) is 0 Å². The van der Waals surface area contributed by atoms with Crippen molar-refractivity contribution in [3.05, 3.63) is 0 Å². The molecule has 696 valence electrons. The van der Waals surface area contributed by atoms with Crippen molar-refractivity contribution in [2.24, 2.45) is 57.3 Å². The maximum atomic E-state index is 14.3. The minimum absolute atomic E-state index is 0.0161. The minimum Gasteiger partial charge on any atom is -0.480 e. The zero-order chi connectivity index (χ0) is 92.0. The first-order valence-electron chi connectivity index (χ1n) is 42.3. The van der Waals surface area contributed by atoms with Crippen molar-refractivity contribution in [3.63, 3.8) is 0 Å². The van der Waals surface area contributed by atoms with Gasteiger partial charge >= 0.3 is 5.97 Å². The summed E-state index contributed by atoms with van der Waals surface area (Å²) in [5.41, 5.74) is 56.9. The second-order valence-electron chi connectivity index (χ2n) is 30.5. The molecule has 1 fully saturated rings. The highest BCUT2D eigenvalue weighted by molar-refractivity contribution is 6.00. The van der Waals surface area contributed by atoms with E-state index in [1.807, 2.05) is 0 Å². The lowest BCUT2D eigenvalue weighted by Crippen LogP contribution is -2.61. The van der Waals surface area contributed by atoms with E-state index in [2.05, 4.69) is 79.8 Å². The first-order valence-corrected chi connectivity index (χ1v) is 42.3. The van der Waals surface area contributed by atoms with Crippen LogP contribution in [0.4, 0.5) is 0 Å². The van der Waals surface area contributed by atoms with Gasteiger partial charge in [-0.2, -0.15) is 0 Å². The highest BCUT2D eigenvalue weighted by atomic mass is 16.4. The van der Waals surface area contributed by atoms with E-state index < -0.39 is 217 Å². The summed E-state index contributed by atoms with van der Waals surface area (Å²) in [4.78, 5) is 233.